The van der Waals surface area contributed by atoms with Crippen LogP contribution in [0.4, 0.5) is 0 Å². The minimum Gasteiger partial charge on any atom is -0.497 e. The monoisotopic (exact) mass is 292 g/mol. The lowest BCUT2D eigenvalue weighted by Gasteiger charge is -2.33. The molecule has 0 saturated heterocycles. The topological polar surface area (TPSA) is 33.6 Å². The van der Waals surface area contributed by atoms with E-state index in [1.165, 1.54) is 24.2 Å². The smallest absolute Gasteiger partial charge is 0.156 e. The zero-order valence-corrected chi connectivity index (χ0v) is 13.4. The SMILES string of the molecule is CCC1(CC)CN=C(NCc2ccc(OC)cc2)SC1. The summed E-state index contributed by atoms with van der Waals surface area (Å²) in [6.45, 7) is 6.32. The highest BCUT2D eigenvalue weighted by Gasteiger charge is 2.29. The summed E-state index contributed by atoms with van der Waals surface area (Å²) >= 11 is 1.86. The number of ether oxygens (including phenoxy) is 1. The van der Waals surface area contributed by atoms with Gasteiger partial charge in [0.25, 0.3) is 0 Å². The van der Waals surface area contributed by atoms with Crippen LogP contribution in [0.15, 0.2) is 29.3 Å². The lowest BCUT2D eigenvalue weighted by atomic mass is 9.84. The summed E-state index contributed by atoms with van der Waals surface area (Å²) in [5.41, 5.74) is 1.66. The molecule has 0 unspecified atom stereocenters. The molecule has 1 aliphatic rings. The molecule has 1 aromatic rings. The molecular formula is C16H24N2OS. The fourth-order valence-corrected chi connectivity index (χ4v) is 3.53. The summed E-state index contributed by atoms with van der Waals surface area (Å²) in [6, 6.07) is 8.16. The van der Waals surface area contributed by atoms with Gasteiger partial charge in [-0.15, -0.1) is 0 Å². The van der Waals surface area contributed by atoms with Gasteiger partial charge in [0.15, 0.2) is 5.17 Å². The number of benzene rings is 1. The van der Waals surface area contributed by atoms with Crippen molar-refractivity contribution >= 4 is 16.9 Å². The summed E-state index contributed by atoms with van der Waals surface area (Å²) < 4.78 is 5.16. The van der Waals surface area contributed by atoms with Crippen LogP contribution in [0.25, 0.3) is 0 Å². The number of rotatable bonds is 5. The van der Waals surface area contributed by atoms with Gasteiger partial charge in [0, 0.05) is 18.8 Å². The number of hydrogen-bond donors (Lipinski definition) is 1. The van der Waals surface area contributed by atoms with Crippen molar-refractivity contribution in [2.75, 3.05) is 19.4 Å². The van der Waals surface area contributed by atoms with Gasteiger partial charge in [-0.3, -0.25) is 4.99 Å². The second kappa shape index (κ2) is 7.02. The minimum atomic E-state index is 0.413. The van der Waals surface area contributed by atoms with E-state index < -0.39 is 0 Å². The normalized spacial score (nSPS) is 17.4. The summed E-state index contributed by atoms with van der Waals surface area (Å²) in [7, 11) is 1.69. The molecule has 4 heteroatoms. The van der Waals surface area contributed by atoms with Crippen molar-refractivity contribution in [3.05, 3.63) is 29.8 Å². The van der Waals surface area contributed by atoms with Gasteiger partial charge in [-0.1, -0.05) is 37.7 Å². The third-order valence-electron chi connectivity index (χ3n) is 4.18. The van der Waals surface area contributed by atoms with E-state index in [0.29, 0.717) is 5.41 Å². The maximum Gasteiger partial charge on any atom is 0.156 e. The molecule has 110 valence electrons. The largest absolute Gasteiger partial charge is 0.497 e. The van der Waals surface area contributed by atoms with Gasteiger partial charge in [0.1, 0.15) is 5.75 Å². The fourth-order valence-electron chi connectivity index (χ4n) is 2.26. The molecule has 0 aromatic heterocycles. The van der Waals surface area contributed by atoms with Crippen molar-refractivity contribution < 1.29 is 4.74 Å². The van der Waals surface area contributed by atoms with E-state index in [4.69, 9.17) is 9.73 Å². The van der Waals surface area contributed by atoms with Gasteiger partial charge < -0.3 is 10.1 Å². The number of methoxy groups -OCH3 is 1. The highest BCUT2D eigenvalue weighted by Crippen LogP contribution is 2.34. The van der Waals surface area contributed by atoms with E-state index in [1.807, 2.05) is 23.9 Å². The van der Waals surface area contributed by atoms with Crippen LogP contribution < -0.4 is 10.1 Å². The van der Waals surface area contributed by atoms with E-state index >= 15 is 0 Å². The number of nitrogens with one attached hydrogen (secondary N) is 1. The summed E-state index contributed by atoms with van der Waals surface area (Å²) in [5.74, 6) is 2.07. The Labute approximate surface area is 126 Å². The van der Waals surface area contributed by atoms with Crippen LogP contribution in [-0.4, -0.2) is 24.6 Å². The van der Waals surface area contributed by atoms with Gasteiger partial charge >= 0.3 is 0 Å². The first-order valence-electron chi connectivity index (χ1n) is 7.25. The lowest BCUT2D eigenvalue weighted by Crippen LogP contribution is -2.34. The molecule has 3 nitrogen and oxygen atoms in total. The quantitative estimate of drug-likeness (QED) is 0.898. The van der Waals surface area contributed by atoms with E-state index in [0.717, 1.165) is 24.0 Å². The minimum absolute atomic E-state index is 0.413. The molecule has 1 aromatic carbocycles. The standard InChI is InChI=1S/C16H24N2OS/c1-4-16(5-2)11-18-15(20-12-16)17-10-13-6-8-14(19-3)9-7-13/h6-9H,4-5,10-12H2,1-3H3,(H,17,18). The van der Waals surface area contributed by atoms with Crippen LogP contribution in [-0.2, 0) is 6.54 Å². The Morgan fingerprint density at radius 1 is 1.25 bits per heavy atom. The van der Waals surface area contributed by atoms with E-state index in [2.05, 4.69) is 31.3 Å². The third kappa shape index (κ3) is 3.69. The molecule has 0 amide bonds. The zero-order valence-electron chi connectivity index (χ0n) is 12.6. The van der Waals surface area contributed by atoms with Crippen LogP contribution in [0, 0.1) is 5.41 Å². The van der Waals surface area contributed by atoms with Crippen LogP contribution >= 0.6 is 11.8 Å². The average Bonchev–Trinajstić information content (AvgIpc) is 2.54. The molecular weight excluding hydrogens is 268 g/mol. The number of hydrogen-bond acceptors (Lipinski definition) is 4. The molecule has 0 bridgehead atoms. The Hall–Kier alpha value is -1.16. The number of amidine groups is 1. The number of aliphatic imine (C=N–C) groups is 1. The highest BCUT2D eigenvalue weighted by atomic mass is 32.2. The van der Waals surface area contributed by atoms with Crippen LogP contribution in [0.2, 0.25) is 0 Å². The Morgan fingerprint density at radius 3 is 2.45 bits per heavy atom. The van der Waals surface area contributed by atoms with E-state index in [-0.39, 0.29) is 0 Å². The van der Waals surface area contributed by atoms with E-state index in [9.17, 15) is 0 Å². The van der Waals surface area contributed by atoms with Crippen LogP contribution in [0.1, 0.15) is 32.3 Å². The molecule has 0 spiro atoms. The second-order valence-electron chi connectivity index (χ2n) is 5.32. The van der Waals surface area contributed by atoms with Gasteiger partial charge in [-0.2, -0.15) is 0 Å². The molecule has 1 heterocycles. The first kappa shape index (κ1) is 15.2. The molecule has 1 aliphatic heterocycles. The Bertz CT molecular complexity index is 452. The molecule has 0 fully saturated rings. The predicted molar refractivity (Wildman–Crippen MR) is 87.6 cm³/mol. The first-order chi connectivity index (χ1) is 9.71. The van der Waals surface area contributed by atoms with Gasteiger partial charge in [-0.05, 0) is 36.0 Å². The fraction of sp³-hybridized carbons (Fsp3) is 0.562. The number of nitrogens with zero attached hydrogens (tertiary/aromatic N) is 1. The maximum atomic E-state index is 5.16. The molecule has 0 aliphatic carbocycles. The van der Waals surface area contributed by atoms with Crippen molar-refractivity contribution in [2.45, 2.75) is 33.2 Å². The van der Waals surface area contributed by atoms with Crippen molar-refractivity contribution in [1.29, 1.82) is 0 Å². The predicted octanol–water partition coefficient (Wildman–Crippen LogP) is 3.69. The first-order valence-corrected chi connectivity index (χ1v) is 8.24. The molecule has 20 heavy (non-hydrogen) atoms. The average molecular weight is 292 g/mol. The summed E-state index contributed by atoms with van der Waals surface area (Å²) in [5, 5.41) is 4.52. The molecule has 0 radical (unpaired) electrons. The van der Waals surface area contributed by atoms with Gasteiger partial charge in [0.05, 0.1) is 7.11 Å². The Morgan fingerprint density at radius 2 is 1.95 bits per heavy atom. The summed E-state index contributed by atoms with van der Waals surface area (Å²) in [4.78, 5) is 4.72. The van der Waals surface area contributed by atoms with Gasteiger partial charge in [-0.25, -0.2) is 0 Å². The molecule has 0 saturated carbocycles. The maximum absolute atomic E-state index is 5.16. The van der Waals surface area contributed by atoms with Gasteiger partial charge in [0.2, 0.25) is 0 Å². The van der Waals surface area contributed by atoms with Crippen molar-refractivity contribution in [1.82, 2.24) is 5.32 Å². The van der Waals surface area contributed by atoms with Crippen molar-refractivity contribution in [3.8, 4) is 5.75 Å². The molecule has 0 atom stereocenters. The van der Waals surface area contributed by atoms with Crippen LogP contribution in [0.3, 0.4) is 0 Å². The Kier molecular flexibility index (Phi) is 5.35. The second-order valence-corrected chi connectivity index (χ2v) is 6.28. The lowest BCUT2D eigenvalue weighted by molar-refractivity contribution is 0.318. The van der Waals surface area contributed by atoms with Crippen LogP contribution in [0.5, 0.6) is 5.75 Å². The summed E-state index contributed by atoms with van der Waals surface area (Å²) in [6.07, 6.45) is 2.43. The molecule has 1 N–H and O–H groups in total. The Balaban J connectivity index is 1.87. The van der Waals surface area contributed by atoms with Crippen molar-refractivity contribution in [3.63, 3.8) is 0 Å². The third-order valence-corrected chi connectivity index (χ3v) is 5.48. The number of thioether (sulfide) groups is 1. The van der Waals surface area contributed by atoms with E-state index in [1.54, 1.807) is 7.11 Å². The molecule has 2 rings (SSSR count). The zero-order chi connectivity index (χ0) is 14.4. The highest BCUT2D eigenvalue weighted by molar-refractivity contribution is 8.13. The van der Waals surface area contributed by atoms with Crippen molar-refractivity contribution in [2.24, 2.45) is 10.4 Å².